The zero-order valence-electron chi connectivity index (χ0n) is 10.7. The zero-order valence-corrected chi connectivity index (χ0v) is 12.8. The molecule has 0 aliphatic carbocycles. The van der Waals surface area contributed by atoms with Gasteiger partial charge in [0.15, 0.2) is 0 Å². The summed E-state index contributed by atoms with van der Waals surface area (Å²) in [6, 6.07) is 3.75. The van der Waals surface area contributed by atoms with E-state index in [4.69, 9.17) is 0 Å². The summed E-state index contributed by atoms with van der Waals surface area (Å²) < 4.78 is 13.4. The van der Waals surface area contributed by atoms with Crippen LogP contribution in [0.4, 0.5) is 9.18 Å². The summed E-state index contributed by atoms with van der Waals surface area (Å²) in [5.74, 6) is -0.664. The molecule has 0 saturated heterocycles. The van der Waals surface area contributed by atoms with E-state index in [1.54, 1.807) is 14.1 Å². The van der Waals surface area contributed by atoms with Gasteiger partial charge in [-0.25, -0.2) is 9.18 Å². The molecular formula is C12H15FIN3O2. The maximum absolute atomic E-state index is 12.9. The molecule has 0 radical (unpaired) electrons. The average Bonchev–Trinajstić information content (AvgIpc) is 2.33. The van der Waals surface area contributed by atoms with Crippen molar-refractivity contribution in [3.05, 3.63) is 33.1 Å². The monoisotopic (exact) mass is 379 g/mol. The number of urea groups is 1. The van der Waals surface area contributed by atoms with E-state index in [1.165, 1.54) is 23.1 Å². The van der Waals surface area contributed by atoms with Crippen molar-refractivity contribution in [2.24, 2.45) is 0 Å². The second-order valence-corrected chi connectivity index (χ2v) is 5.17. The van der Waals surface area contributed by atoms with Crippen molar-refractivity contribution in [1.82, 2.24) is 15.5 Å². The molecule has 1 rings (SSSR count). The molecule has 0 aliphatic rings. The highest BCUT2D eigenvalue weighted by Gasteiger charge is 2.10. The molecule has 19 heavy (non-hydrogen) atoms. The Labute approximate surface area is 124 Å². The van der Waals surface area contributed by atoms with Crippen molar-refractivity contribution in [1.29, 1.82) is 0 Å². The lowest BCUT2D eigenvalue weighted by Gasteiger charge is -2.12. The zero-order chi connectivity index (χ0) is 14.4. The van der Waals surface area contributed by atoms with Crippen molar-refractivity contribution in [3.8, 4) is 0 Å². The number of hydrogen-bond donors (Lipinski definition) is 2. The molecule has 2 N–H and O–H groups in total. The van der Waals surface area contributed by atoms with Crippen LogP contribution < -0.4 is 10.6 Å². The lowest BCUT2D eigenvalue weighted by molar-refractivity contribution is 0.0952. The fourth-order valence-corrected chi connectivity index (χ4v) is 1.99. The number of carbonyl (C=O) groups excluding carboxylic acids is 2. The standard InChI is InChI=1S/C12H15FIN3O2/c1-17(2)12(19)16-6-5-15-11(18)9-4-3-8(13)7-10(9)14/h3-4,7H,5-6H2,1-2H3,(H,15,18)(H,16,19). The molecule has 0 bridgehead atoms. The minimum Gasteiger partial charge on any atom is -0.350 e. The number of rotatable bonds is 4. The maximum atomic E-state index is 12.9. The summed E-state index contributed by atoms with van der Waals surface area (Å²) in [6.07, 6.45) is 0. The molecule has 1 aromatic rings. The third-order valence-electron chi connectivity index (χ3n) is 2.27. The van der Waals surface area contributed by atoms with Crippen LogP contribution in [0.1, 0.15) is 10.4 Å². The van der Waals surface area contributed by atoms with Crippen LogP contribution in [0, 0.1) is 9.39 Å². The number of nitrogens with one attached hydrogen (secondary N) is 2. The Balaban J connectivity index is 2.41. The predicted molar refractivity (Wildman–Crippen MR) is 78.5 cm³/mol. The second-order valence-electron chi connectivity index (χ2n) is 4.01. The van der Waals surface area contributed by atoms with Crippen molar-refractivity contribution in [3.63, 3.8) is 0 Å². The second kappa shape index (κ2) is 7.27. The van der Waals surface area contributed by atoms with Crippen LogP contribution in [0.25, 0.3) is 0 Å². The van der Waals surface area contributed by atoms with Crippen LogP contribution in [0.3, 0.4) is 0 Å². The first kappa shape index (κ1) is 15.7. The van der Waals surface area contributed by atoms with Gasteiger partial charge in [-0.05, 0) is 40.8 Å². The van der Waals surface area contributed by atoms with Crippen molar-refractivity contribution in [2.45, 2.75) is 0 Å². The van der Waals surface area contributed by atoms with E-state index in [2.05, 4.69) is 10.6 Å². The van der Waals surface area contributed by atoms with Gasteiger partial charge in [0, 0.05) is 30.8 Å². The van der Waals surface area contributed by atoms with Gasteiger partial charge in [0.1, 0.15) is 5.82 Å². The third kappa shape index (κ3) is 5.01. The van der Waals surface area contributed by atoms with Gasteiger partial charge < -0.3 is 15.5 Å². The van der Waals surface area contributed by atoms with Crippen molar-refractivity contribution < 1.29 is 14.0 Å². The Morgan fingerprint density at radius 1 is 1.26 bits per heavy atom. The van der Waals surface area contributed by atoms with Crippen LogP contribution in [0.2, 0.25) is 0 Å². The molecule has 0 fully saturated rings. The van der Waals surface area contributed by atoms with E-state index in [0.717, 1.165) is 0 Å². The summed E-state index contributed by atoms with van der Waals surface area (Å²) in [4.78, 5) is 24.4. The topological polar surface area (TPSA) is 61.4 Å². The summed E-state index contributed by atoms with van der Waals surface area (Å²) >= 11 is 1.90. The molecule has 104 valence electrons. The van der Waals surface area contributed by atoms with Gasteiger partial charge in [-0.2, -0.15) is 0 Å². The molecule has 0 saturated carbocycles. The quantitative estimate of drug-likeness (QED) is 0.614. The minimum absolute atomic E-state index is 0.217. The molecule has 0 atom stereocenters. The van der Waals surface area contributed by atoms with Crippen LogP contribution in [-0.4, -0.2) is 44.0 Å². The van der Waals surface area contributed by atoms with Gasteiger partial charge >= 0.3 is 6.03 Å². The number of halogens is 2. The number of amides is 3. The molecule has 3 amide bonds. The summed E-state index contributed by atoms with van der Waals surface area (Å²) in [6.45, 7) is 0.645. The van der Waals surface area contributed by atoms with Gasteiger partial charge in [0.25, 0.3) is 5.91 Å². The molecule has 7 heteroatoms. The predicted octanol–water partition coefficient (Wildman–Crippen LogP) is 1.43. The summed E-state index contributed by atoms with van der Waals surface area (Å²) in [5, 5.41) is 5.28. The van der Waals surface area contributed by atoms with Gasteiger partial charge in [0.2, 0.25) is 0 Å². The molecule has 5 nitrogen and oxygen atoms in total. The van der Waals surface area contributed by atoms with E-state index in [1.807, 2.05) is 22.6 Å². The Kier molecular flexibility index (Phi) is 6.00. The van der Waals surface area contributed by atoms with Crippen LogP contribution >= 0.6 is 22.6 Å². The molecule has 0 aromatic heterocycles. The van der Waals surface area contributed by atoms with Gasteiger partial charge in [-0.3, -0.25) is 4.79 Å². The Morgan fingerprint density at radius 2 is 1.89 bits per heavy atom. The number of benzene rings is 1. The third-order valence-corrected chi connectivity index (χ3v) is 3.16. The van der Waals surface area contributed by atoms with E-state index < -0.39 is 0 Å². The van der Waals surface area contributed by atoms with Crippen molar-refractivity contribution in [2.75, 3.05) is 27.2 Å². The SMILES string of the molecule is CN(C)C(=O)NCCNC(=O)c1ccc(F)cc1I. The molecule has 0 spiro atoms. The first-order chi connectivity index (χ1) is 8.91. The highest BCUT2D eigenvalue weighted by molar-refractivity contribution is 14.1. The first-order valence-electron chi connectivity index (χ1n) is 5.60. The van der Waals surface area contributed by atoms with Crippen LogP contribution in [0.15, 0.2) is 18.2 Å². The van der Waals surface area contributed by atoms with E-state index in [9.17, 15) is 14.0 Å². The minimum atomic E-state index is -0.376. The van der Waals surface area contributed by atoms with Crippen LogP contribution in [-0.2, 0) is 0 Å². The highest BCUT2D eigenvalue weighted by Crippen LogP contribution is 2.13. The van der Waals surface area contributed by atoms with Crippen molar-refractivity contribution >= 4 is 34.5 Å². The normalized spacial score (nSPS) is 9.89. The summed E-state index contributed by atoms with van der Waals surface area (Å²) in [7, 11) is 3.27. The van der Waals surface area contributed by atoms with Gasteiger partial charge in [0.05, 0.1) is 5.56 Å². The number of nitrogens with zero attached hydrogens (tertiary/aromatic N) is 1. The highest BCUT2D eigenvalue weighted by atomic mass is 127. The van der Waals surface area contributed by atoms with Gasteiger partial charge in [-0.1, -0.05) is 0 Å². The van der Waals surface area contributed by atoms with E-state index in [0.29, 0.717) is 22.2 Å². The Bertz CT molecular complexity index is 480. The fourth-order valence-electron chi connectivity index (χ4n) is 1.27. The van der Waals surface area contributed by atoms with E-state index in [-0.39, 0.29) is 17.8 Å². The summed E-state index contributed by atoms with van der Waals surface area (Å²) in [5.41, 5.74) is 0.418. The molecule has 0 heterocycles. The number of hydrogen-bond acceptors (Lipinski definition) is 2. The fraction of sp³-hybridized carbons (Fsp3) is 0.333. The Morgan fingerprint density at radius 3 is 2.47 bits per heavy atom. The molecule has 0 unspecified atom stereocenters. The van der Waals surface area contributed by atoms with Gasteiger partial charge in [-0.15, -0.1) is 0 Å². The first-order valence-corrected chi connectivity index (χ1v) is 6.68. The largest absolute Gasteiger partial charge is 0.350 e. The smallest absolute Gasteiger partial charge is 0.316 e. The lowest BCUT2D eigenvalue weighted by Crippen LogP contribution is -2.39. The van der Waals surface area contributed by atoms with E-state index >= 15 is 0 Å². The molecular weight excluding hydrogens is 364 g/mol. The lowest BCUT2D eigenvalue weighted by atomic mass is 10.2. The average molecular weight is 379 g/mol. The molecule has 0 aliphatic heterocycles. The molecule has 1 aromatic carbocycles. The van der Waals surface area contributed by atoms with Crippen LogP contribution in [0.5, 0.6) is 0 Å². The maximum Gasteiger partial charge on any atom is 0.316 e. The Hall–Kier alpha value is -1.38. The number of carbonyl (C=O) groups is 2.